The number of aromatic nitrogens is 5. The van der Waals surface area contributed by atoms with E-state index in [-0.39, 0.29) is 5.91 Å². The molecule has 0 fully saturated rings. The molecule has 2 N–H and O–H groups in total. The highest BCUT2D eigenvalue weighted by molar-refractivity contribution is 7.13. The van der Waals surface area contributed by atoms with Crippen molar-refractivity contribution in [3.63, 3.8) is 0 Å². The van der Waals surface area contributed by atoms with Crippen LogP contribution in [0.3, 0.4) is 0 Å². The molecule has 0 aliphatic heterocycles. The van der Waals surface area contributed by atoms with Gasteiger partial charge < -0.3 is 5.32 Å². The molecule has 0 saturated carbocycles. The summed E-state index contributed by atoms with van der Waals surface area (Å²) in [6.45, 7) is 2.01. The summed E-state index contributed by atoms with van der Waals surface area (Å²) in [5.41, 5.74) is 2.24. The molecule has 3 aromatic heterocycles. The minimum atomic E-state index is -0.268. The van der Waals surface area contributed by atoms with Crippen LogP contribution in [0.1, 0.15) is 23.1 Å². The van der Waals surface area contributed by atoms with Gasteiger partial charge >= 0.3 is 0 Å². The summed E-state index contributed by atoms with van der Waals surface area (Å²) in [6, 6.07) is 1.81. The van der Waals surface area contributed by atoms with E-state index in [1.54, 1.807) is 16.3 Å². The molecule has 0 atom stereocenters. The summed E-state index contributed by atoms with van der Waals surface area (Å²) in [4.78, 5) is 16.5. The largest absolute Gasteiger partial charge is 0.304 e. The SMILES string of the molecule is CCc1cc(NC(=O)c2csc(-c3cnn(C)c3)n2)n[nH]1. The van der Waals surface area contributed by atoms with Crippen LogP contribution in [0, 0.1) is 0 Å². The van der Waals surface area contributed by atoms with Gasteiger partial charge in [-0.2, -0.15) is 10.2 Å². The molecule has 0 bridgehead atoms. The quantitative estimate of drug-likeness (QED) is 0.772. The molecule has 7 nitrogen and oxygen atoms in total. The highest BCUT2D eigenvalue weighted by Gasteiger charge is 2.14. The fourth-order valence-electron chi connectivity index (χ4n) is 1.83. The molecule has 3 aromatic rings. The number of hydrogen-bond donors (Lipinski definition) is 2. The van der Waals surface area contributed by atoms with Gasteiger partial charge in [0.05, 0.1) is 6.20 Å². The number of nitrogens with one attached hydrogen (secondary N) is 2. The third-order valence-corrected chi connectivity index (χ3v) is 3.83. The van der Waals surface area contributed by atoms with Gasteiger partial charge in [0.2, 0.25) is 0 Å². The number of anilines is 1. The van der Waals surface area contributed by atoms with Crippen LogP contribution in [0.5, 0.6) is 0 Å². The molecule has 21 heavy (non-hydrogen) atoms. The van der Waals surface area contributed by atoms with E-state index in [0.717, 1.165) is 22.7 Å². The summed E-state index contributed by atoms with van der Waals surface area (Å²) in [5, 5.41) is 16.2. The van der Waals surface area contributed by atoms with Crippen LogP contribution in [-0.4, -0.2) is 30.9 Å². The van der Waals surface area contributed by atoms with Gasteiger partial charge in [-0.25, -0.2) is 4.98 Å². The Morgan fingerprint density at radius 1 is 1.52 bits per heavy atom. The molecule has 0 spiro atoms. The Balaban J connectivity index is 1.75. The first-order valence-electron chi connectivity index (χ1n) is 6.46. The van der Waals surface area contributed by atoms with Crippen LogP contribution in [0.2, 0.25) is 0 Å². The molecule has 3 rings (SSSR count). The lowest BCUT2D eigenvalue weighted by Crippen LogP contribution is -2.12. The third kappa shape index (κ3) is 2.84. The van der Waals surface area contributed by atoms with Crippen molar-refractivity contribution in [1.82, 2.24) is 25.0 Å². The number of amides is 1. The van der Waals surface area contributed by atoms with Gasteiger partial charge in [-0.05, 0) is 6.42 Å². The van der Waals surface area contributed by atoms with Gasteiger partial charge in [-0.1, -0.05) is 6.92 Å². The van der Waals surface area contributed by atoms with Crippen LogP contribution in [0.15, 0.2) is 23.8 Å². The molecular formula is C13H14N6OS. The van der Waals surface area contributed by atoms with Crippen LogP contribution in [0.4, 0.5) is 5.82 Å². The van der Waals surface area contributed by atoms with E-state index < -0.39 is 0 Å². The zero-order valence-corrected chi connectivity index (χ0v) is 12.4. The summed E-state index contributed by atoms with van der Waals surface area (Å²) >= 11 is 1.41. The second-order valence-corrected chi connectivity index (χ2v) is 5.38. The van der Waals surface area contributed by atoms with Crippen molar-refractivity contribution < 1.29 is 4.79 Å². The lowest BCUT2D eigenvalue weighted by atomic mass is 10.3. The minimum Gasteiger partial charge on any atom is -0.304 e. The van der Waals surface area contributed by atoms with E-state index in [0.29, 0.717) is 11.5 Å². The van der Waals surface area contributed by atoms with Gasteiger partial charge in [-0.3, -0.25) is 14.6 Å². The van der Waals surface area contributed by atoms with Crippen LogP contribution in [0.25, 0.3) is 10.6 Å². The molecule has 3 heterocycles. The number of thiazole rings is 1. The molecule has 0 saturated heterocycles. The molecule has 0 aromatic carbocycles. The lowest BCUT2D eigenvalue weighted by molar-refractivity contribution is 0.102. The second-order valence-electron chi connectivity index (χ2n) is 4.53. The number of carbonyl (C=O) groups excluding carboxylic acids is 1. The number of nitrogens with zero attached hydrogens (tertiary/aromatic N) is 4. The predicted octanol–water partition coefficient (Wildman–Crippen LogP) is 2.08. The molecule has 108 valence electrons. The first-order chi connectivity index (χ1) is 10.2. The van der Waals surface area contributed by atoms with E-state index in [9.17, 15) is 4.79 Å². The number of aryl methyl sites for hydroxylation is 2. The maximum Gasteiger partial charge on any atom is 0.276 e. The van der Waals surface area contributed by atoms with Crippen LogP contribution in [-0.2, 0) is 13.5 Å². The summed E-state index contributed by atoms with van der Waals surface area (Å²) in [5.74, 6) is 0.239. The van der Waals surface area contributed by atoms with Crippen molar-refractivity contribution in [2.75, 3.05) is 5.32 Å². The van der Waals surface area contributed by atoms with E-state index in [1.165, 1.54) is 11.3 Å². The highest BCUT2D eigenvalue weighted by Crippen LogP contribution is 2.23. The normalized spacial score (nSPS) is 10.8. The third-order valence-electron chi connectivity index (χ3n) is 2.94. The second kappa shape index (κ2) is 5.49. The number of H-pyrrole nitrogens is 1. The Bertz CT molecular complexity index is 771. The summed E-state index contributed by atoms with van der Waals surface area (Å²) in [7, 11) is 1.84. The van der Waals surface area contributed by atoms with Crippen LogP contribution >= 0.6 is 11.3 Å². The van der Waals surface area contributed by atoms with E-state index in [1.807, 2.05) is 26.2 Å². The average Bonchev–Trinajstić information content (AvgIpc) is 3.17. The number of hydrogen-bond acceptors (Lipinski definition) is 5. The zero-order chi connectivity index (χ0) is 14.8. The number of aromatic amines is 1. The predicted molar refractivity (Wildman–Crippen MR) is 80.2 cm³/mol. The molecule has 0 unspecified atom stereocenters. The first-order valence-corrected chi connectivity index (χ1v) is 7.34. The van der Waals surface area contributed by atoms with Crippen molar-refractivity contribution >= 4 is 23.1 Å². The van der Waals surface area contributed by atoms with Crippen molar-refractivity contribution in [1.29, 1.82) is 0 Å². The molecule has 0 radical (unpaired) electrons. The highest BCUT2D eigenvalue weighted by atomic mass is 32.1. The Kier molecular flexibility index (Phi) is 3.53. The Hall–Kier alpha value is -2.48. The van der Waals surface area contributed by atoms with Gasteiger partial charge in [-0.15, -0.1) is 11.3 Å². The standard InChI is InChI=1S/C13H14N6OS/c1-3-9-4-11(18-17-9)16-12(20)10-7-21-13(15-10)8-5-14-19(2)6-8/h4-7H,3H2,1-2H3,(H2,16,17,18,20). The van der Waals surface area contributed by atoms with Gasteiger partial charge in [0.25, 0.3) is 5.91 Å². The van der Waals surface area contributed by atoms with Gasteiger partial charge in [0.1, 0.15) is 10.7 Å². The summed E-state index contributed by atoms with van der Waals surface area (Å²) < 4.78 is 1.70. The van der Waals surface area contributed by atoms with Crippen LogP contribution < -0.4 is 5.32 Å². The fourth-order valence-corrected chi connectivity index (χ4v) is 2.60. The summed E-state index contributed by atoms with van der Waals surface area (Å²) in [6.07, 6.45) is 4.42. The zero-order valence-electron chi connectivity index (χ0n) is 11.6. The van der Waals surface area contributed by atoms with E-state index >= 15 is 0 Å². The van der Waals surface area contributed by atoms with Crippen molar-refractivity contribution in [2.24, 2.45) is 7.05 Å². The van der Waals surface area contributed by atoms with Crippen molar-refractivity contribution in [2.45, 2.75) is 13.3 Å². The average molecular weight is 302 g/mol. The van der Waals surface area contributed by atoms with E-state index in [2.05, 4.69) is 25.6 Å². The Labute approximate surface area is 125 Å². The monoisotopic (exact) mass is 302 g/mol. The van der Waals surface area contributed by atoms with Crippen molar-refractivity contribution in [3.8, 4) is 10.6 Å². The molecule has 8 heteroatoms. The maximum atomic E-state index is 12.1. The van der Waals surface area contributed by atoms with Gasteiger partial charge in [0.15, 0.2) is 5.82 Å². The Morgan fingerprint density at radius 2 is 2.38 bits per heavy atom. The van der Waals surface area contributed by atoms with Gasteiger partial charge in [0, 0.05) is 35.9 Å². The smallest absolute Gasteiger partial charge is 0.276 e. The maximum absolute atomic E-state index is 12.1. The molecule has 0 aliphatic rings. The molecule has 1 amide bonds. The first kappa shape index (κ1) is 13.5. The van der Waals surface area contributed by atoms with E-state index in [4.69, 9.17) is 0 Å². The van der Waals surface area contributed by atoms with Crippen molar-refractivity contribution in [3.05, 3.63) is 35.2 Å². The molecular weight excluding hydrogens is 288 g/mol. The lowest BCUT2D eigenvalue weighted by Gasteiger charge is -1.97. The molecule has 0 aliphatic carbocycles. The Morgan fingerprint density at radius 3 is 3.05 bits per heavy atom. The topological polar surface area (TPSA) is 88.5 Å². The fraction of sp³-hybridized carbons (Fsp3) is 0.231. The number of carbonyl (C=O) groups is 1. The minimum absolute atomic E-state index is 0.268. The number of rotatable bonds is 4.